The number of thiazole rings is 1. The Hall–Kier alpha value is -1.77. The molecule has 0 unspecified atom stereocenters. The lowest BCUT2D eigenvalue weighted by molar-refractivity contribution is 0.586. The van der Waals surface area contributed by atoms with Gasteiger partial charge in [-0.05, 0) is 17.9 Å². The molecule has 0 radical (unpaired) electrons. The van der Waals surface area contributed by atoms with Crippen molar-refractivity contribution in [1.82, 2.24) is 20.3 Å². The molecule has 0 spiro atoms. The largest absolute Gasteiger partial charge is 0.368 e. The van der Waals surface area contributed by atoms with Crippen LogP contribution in [0.4, 0.5) is 11.8 Å². The van der Waals surface area contributed by atoms with Gasteiger partial charge >= 0.3 is 0 Å². The molecule has 1 aliphatic rings. The summed E-state index contributed by atoms with van der Waals surface area (Å²) in [5, 5.41) is 6.57. The lowest BCUT2D eigenvalue weighted by Gasteiger charge is -2.28. The number of nitrogens with zero attached hydrogens (tertiary/aromatic N) is 4. The maximum atomic E-state index is 5.91. The highest BCUT2D eigenvalue weighted by atomic mass is 32.1. The van der Waals surface area contributed by atoms with E-state index < -0.39 is 0 Å². The third kappa shape index (κ3) is 3.15. The number of nitrogens with one attached hydrogen (secondary N) is 1. The number of piperazine rings is 1. The van der Waals surface area contributed by atoms with E-state index in [-0.39, 0.29) is 0 Å². The zero-order chi connectivity index (χ0) is 15.6. The number of nitrogen functional groups attached to an aromatic ring is 1. The van der Waals surface area contributed by atoms with Gasteiger partial charge in [-0.15, -0.1) is 11.3 Å². The minimum Gasteiger partial charge on any atom is -0.368 e. The molecule has 3 aromatic heterocycles. The summed E-state index contributed by atoms with van der Waals surface area (Å²) in [5.74, 6) is 1.21. The summed E-state index contributed by atoms with van der Waals surface area (Å²) in [6, 6.07) is 4.26. The normalized spacial score (nSPS) is 15.4. The van der Waals surface area contributed by atoms with Crippen LogP contribution in [-0.2, 0) is 12.8 Å². The number of hydrogen-bond donors (Lipinski definition) is 2. The Bertz CT molecular complexity index is 792. The van der Waals surface area contributed by atoms with Crippen molar-refractivity contribution in [2.45, 2.75) is 12.8 Å². The minimum atomic E-state index is 0.333. The smallest absolute Gasteiger partial charge is 0.223 e. The molecule has 1 aliphatic heterocycles. The van der Waals surface area contributed by atoms with E-state index in [2.05, 4.69) is 37.7 Å². The number of aromatic nitrogens is 3. The van der Waals surface area contributed by atoms with Gasteiger partial charge in [-0.25, -0.2) is 9.97 Å². The summed E-state index contributed by atoms with van der Waals surface area (Å²) in [6.45, 7) is 3.77. The van der Waals surface area contributed by atoms with Crippen LogP contribution in [0.25, 0.3) is 10.3 Å². The topological polar surface area (TPSA) is 80.0 Å². The van der Waals surface area contributed by atoms with Gasteiger partial charge in [0.1, 0.15) is 5.52 Å². The fourth-order valence-corrected chi connectivity index (χ4v) is 4.40. The first-order chi connectivity index (χ1) is 11.3. The summed E-state index contributed by atoms with van der Waals surface area (Å²) in [6.07, 6.45) is 1.95. The first-order valence-electron chi connectivity index (χ1n) is 7.70. The molecule has 8 heteroatoms. The molecule has 3 N–H and O–H groups in total. The lowest BCUT2D eigenvalue weighted by Crippen LogP contribution is -2.44. The summed E-state index contributed by atoms with van der Waals surface area (Å²) >= 11 is 3.42. The van der Waals surface area contributed by atoms with Crippen molar-refractivity contribution in [3.8, 4) is 0 Å². The number of anilines is 2. The van der Waals surface area contributed by atoms with Gasteiger partial charge in [-0.2, -0.15) is 4.98 Å². The molecule has 0 bridgehead atoms. The van der Waals surface area contributed by atoms with E-state index in [0.717, 1.165) is 60.2 Å². The Balaban J connectivity index is 1.64. The number of nitrogens with two attached hydrogens (primary N) is 1. The van der Waals surface area contributed by atoms with Crippen LogP contribution in [0, 0.1) is 0 Å². The van der Waals surface area contributed by atoms with Gasteiger partial charge in [-0.3, -0.25) is 0 Å². The zero-order valence-electron chi connectivity index (χ0n) is 12.7. The molecule has 0 aliphatic carbocycles. The maximum Gasteiger partial charge on any atom is 0.223 e. The third-order valence-corrected chi connectivity index (χ3v) is 5.83. The van der Waals surface area contributed by atoms with Crippen molar-refractivity contribution in [2.75, 3.05) is 36.8 Å². The Morgan fingerprint density at radius 1 is 1.17 bits per heavy atom. The Kier molecular flexibility index (Phi) is 4.11. The van der Waals surface area contributed by atoms with Gasteiger partial charge in [0.2, 0.25) is 5.95 Å². The van der Waals surface area contributed by atoms with Crippen molar-refractivity contribution in [3.63, 3.8) is 0 Å². The second-order valence-corrected chi connectivity index (χ2v) is 7.58. The molecule has 3 aromatic rings. The van der Waals surface area contributed by atoms with Gasteiger partial charge < -0.3 is 16.0 Å². The van der Waals surface area contributed by atoms with E-state index in [1.165, 1.54) is 4.88 Å². The molecule has 1 saturated heterocycles. The molecule has 0 saturated carbocycles. The molecule has 23 heavy (non-hydrogen) atoms. The fourth-order valence-electron chi connectivity index (χ4n) is 2.76. The van der Waals surface area contributed by atoms with E-state index in [1.807, 2.05) is 0 Å². The van der Waals surface area contributed by atoms with E-state index in [9.17, 15) is 0 Å². The Labute approximate surface area is 142 Å². The molecule has 6 nitrogen and oxygen atoms in total. The number of fused-ring (bicyclic) bond motifs is 1. The fraction of sp³-hybridized carbons (Fsp3) is 0.400. The summed E-state index contributed by atoms with van der Waals surface area (Å²) in [7, 11) is 0. The van der Waals surface area contributed by atoms with Crippen LogP contribution >= 0.6 is 22.7 Å². The van der Waals surface area contributed by atoms with Crippen LogP contribution < -0.4 is 16.0 Å². The molecular formula is C15H18N6S2. The van der Waals surface area contributed by atoms with Crippen molar-refractivity contribution < 1.29 is 0 Å². The van der Waals surface area contributed by atoms with Crippen molar-refractivity contribution in [1.29, 1.82) is 0 Å². The third-order valence-electron chi connectivity index (χ3n) is 3.88. The molecule has 0 aromatic carbocycles. The molecule has 4 rings (SSSR count). The van der Waals surface area contributed by atoms with Crippen LogP contribution in [0.2, 0.25) is 0 Å². The number of hydrogen-bond acceptors (Lipinski definition) is 8. The Morgan fingerprint density at radius 2 is 2.04 bits per heavy atom. The maximum absolute atomic E-state index is 5.91. The second-order valence-electron chi connectivity index (χ2n) is 5.48. The SMILES string of the molecule is Nc1nc(N2CCNCC2)c2nc(CCc3cccs3)sc2n1. The van der Waals surface area contributed by atoms with Gasteiger partial charge in [0.25, 0.3) is 0 Å². The molecule has 4 heterocycles. The monoisotopic (exact) mass is 346 g/mol. The van der Waals surface area contributed by atoms with Gasteiger partial charge in [0.05, 0.1) is 5.01 Å². The quantitative estimate of drug-likeness (QED) is 0.751. The summed E-state index contributed by atoms with van der Waals surface area (Å²) in [5.41, 5.74) is 6.80. The van der Waals surface area contributed by atoms with Crippen molar-refractivity contribution in [3.05, 3.63) is 27.4 Å². The number of aryl methyl sites for hydroxylation is 2. The number of rotatable bonds is 4. The second kappa shape index (κ2) is 6.38. The average Bonchev–Trinajstić information content (AvgIpc) is 3.22. The van der Waals surface area contributed by atoms with Crippen LogP contribution in [0.3, 0.4) is 0 Å². The van der Waals surface area contributed by atoms with Gasteiger partial charge in [0, 0.05) is 37.5 Å². The first kappa shape index (κ1) is 14.8. The highest BCUT2D eigenvalue weighted by molar-refractivity contribution is 7.18. The van der Waals surface area contributed by atoms with Crippen LogP contribution in [-0.4, -0.2) is 41.1 Å². The van der Waals surface area contributed by atoms with E-state index in [0.29, 0.717) is 5.95 Å². The number of thiophene rings is 1. The first-order valence-corrected chi connectivity index (χ1v) is 9.40. The highest BCUT2D eigenvalue weighted by Gasteiger charge is 2.19. The van der Waals surface area contributed by atoms with Gasteiger partial charge in [-0.1, -0.05) is 17.4 Å². The molecular weight excluding hydrogens is 328 g/mol. The van der Waals surface area contributed by atoms with Crippen molar-refractivity contribution in [2.24, 2.45) is 0 Å². The van der Waals surface area contributed by atoms with E-state index >= 15 is 0 Å². The van der Waals surface area contributed by atoms with Crippen LogP contribution in [0.5, 0.6) is 0 Å². The Morgan fingerprint density at radius 3 is 2.83 bits per heavy atom. The predicted octanol–water partition coefficient (Wildman–Crippen LogP) is 1.92. The highest BCUT2D eigenvalue weighted by Crippen LogP contribution is 2.29. The molecule has 120 valence electrons. The van der Waals surface area contributed by atoms with Crippen LogP contribution in [0.1, 0.15) is 9.88 Å². The summed E-state index contributed by atoms with van der Waals surface area (Å²) in [4.78, 5) is 18.2. The zero-order valence-corrected chi connectivity index (χ0v) is 14.3. The molecule has 0 atom stereocenters. The standard InChI is InChI=1S/C15H18N6S2/c16-15-19-13(21-7-5-17-6-8-21)12-14(20-15)23-11(18-12)4-3-10-2-1-9-22-10/h1-2,9,17H,3-8H2,(H2,16,19,20). The van der Waals surface area contributed by atoms with E-state index in [4.69, 9.17) is 10.7 Å². The van der Waals surface area contributed by atoms with Crippen molar-refractivity contribution >= 4 is 44.8 Å². The lowest BCUT2D eigenvalue weighted by atomic mass is 10.3. The summed E-state index contributed by atoms with van der Waals surface area (Å²) < 4.78 is 0. The van der Waals surface area contributed by atoms with Crippen LogP contribution in [0.15, 0.2) is 17.5 Å². The molecule has 0 amide bonds. The molecule has 1 fully saturated rings. The van der Waals surface area contributed by atoms with E-state index in [1.54, 1.807) is 22.7 Å². The average molecular weight is 346 g/mol. The van der Waals surface area contributed by atoms with Gasteiger partial charge in [0.15, 0.2) is 10.6 Å². The minimum absolute atomic E-state index is 0.333. The predicted molar refractivity (Wildman–Crippen MR) is 96.4 cm³/mol.